The van der Waals surface area contributed by atoms with Crippen LogP contribution in [0.5, 0.6) is 0 Å². The Bertz CT molecular complexity index is 621. The first-order valence-corrected chi connectivity index (χ1v) is 8.91. The van der Waals surface area contributed by atoms with Crippen LogP contribution in [0.1, 0.15) is 25.3 Å². The number of anilines is 1. The average molecular weight is 392 g/mol. The molecule has 4 rings (SSSR count). The second-order valence-corrected chi connectivity index (χ2v) is 7.73. The molecule has 0 amide bonds. The zero-order valence-electron chi connectivity index (χ0n) is 12.3. The standard InChI is InChI=1S/C18H21IN2/c1-2-13(19)12-21-11-10-18-14-6-3-4-7-15(14)20-16(18)8-5-9-17(18)21/h2-8,16-17,20H,9-12H2,1H3/b13-2-/t16-,17?,18-/m0/s1. The number of hydrogen-bond donors (Lipinski definition) is 1. The van der Waals surface area contributed by atoms with Crippen molar-refractivity contribution < 1.29 is 0 Å². The monoisotopic (exact) mass is 392 g/mol. The summed E-state index contributed by atoms with van der Waals surface area (Å²) < 4.78 is 1.45. The minimum absolute atomic E-state index is 0.288. The minimum Gasteiger partial charge on any atom is -0.378 e. The maximum atomic E-state index is 3.76. The maximum absolute atomic E-state index is 3.76. The molecule has 1 spiro atoms. The fourth-order valence-electron chi connectivity index (χ4n) is 4.53. The summed E-state index contributed by atoms with van der Waals surface area (Å²) in [4.78, 5) is 2.70. The Kier molecular flexibility index (Phi) is 3.38. The van der Waals surface area contributed by atoms with Crippen LogP contribution >= 0.6 is 22.6 Å². The highest BCUT2D eigenvalue weighted by Crippen LogP contribution is 2.53. The molecule has 1 saturated heterocycles. The SMILES string of the molecule is C/C=C(\I)CN1CC[C@]23c4ccccc4N[C@H]2C=CCC13. The number of para-hydroxylation sites is 1. The van der Waals surface area contributed by atoms with Crippen molar-refractivity contribution in [3.63, 3.8) is 0 Å². The predicted octanol–water partition coefficient (Wildman–Crippen LogP) is 4.09. The van der Waals surface area contributed by atoms with Gasteiger partial charge in [-0.2, -0.15) is 0 Å². The van der Waals surface area contributed by atoms with Gasteiger partial charge in [0.2, 0.25) is 0 Å². The number of nitrogens with zero attached hydrogens (tertiary/aromatic N) is 1. The van der Waals surface area contributed by atoms with Crippen molar-refractivity contribution in [3.05, 3.63) is 51.6 Å². The number of likely N-dealkylation sites (tertiary alicyclic amines) is 1. The molecular formula is C18H21IN2. The van der Waals surface area contributed by atoms with Crippen molar-refractivity contribution in [3.8, 4) is 0 Å². The lowest BCUT2D eigenvalue weighted by molar-refractivity contribution is 0.215. The molecule has 1 N–H and O–H groups in total. The molecular weight excluding hydrogens is 371 g/mol. The Morgan fingerprint density at radius 3 is 3.19 bits per heavy atom. The number of halogens is 1. The first-order valence-electron chi connectivity index (χ1n) is 7.83. The third-order valence-electron chi connectivity index (χ3n) is 5.50. The second-order valence-electron chi connectivity index (χ2n) is 6.34. The zero-order valence-corrected chi connectivity index (χ0v) is 14.5. The van der Waals surface area contributed by atoms with Crippen molar-refractivity contribution in [2.45, 2.75) is 37.3 Å². The molecule has 1 aromatic rings. The van der Waals surface area contributed by atoms with Crippen LogP contribution in [0.15, 0.2) is 46.1 Å². The Morgan fingerprint density at radius 2 is 2.33 bits per heavy atom. The molecule has 3 atom stereocenters. The second kappa shape index (κ2) is 5.13. The first kappa shape index (κ1) is 13.8. The molecule has 2 nitrogen and oxygen atoms in total. The van der Waals surface area contributed by atoms with Gasteiger partial charge in [-0.15, -0.1) is 0 Å². The van der Waals surface area contributed by atoms with Crippen molar-refractivity contribution >= 4 is 28.3 Å². The Hall–Kier alpha value is -0.810. The van der Waals surface area contributed by atoms with Crippen LogP contribution in [0.25, 0.3) is 0 Å². The van der Waals surface area contributed by atoms with Gasteiger partial charge in [-0.1, -0.05) is 36.4 Å². The topological polar surface area (TPSA) is 15.3 Å². The minimum atomic E-state index is 0.288. The highest BCUT2D eigenvalue weighted by Gasteiger charge is 2.56. The summed E-state index contributed by atoms with van der Waals surface area (Å²) in [7, 11) is 0. The molecule has 110 valence electrons. The summed E-state index contributed by atoms with van der Waals surface area (Å²) in [5, 5.41) is 3.76. The Morgan fingerprint density at radius 1 is 1.48 bits per heavy atom. The Balaban J connectivity index is 1.76. The summed E-state index contributed by atoms with van der Waals surface area (Å²) >= 11 is 2.48. The van der Waals surface area contributed by atoms with Crippen molar-refractivity contribution in [1.82, 2.24) is 4.90 Å². The molecule has 3 aliphatic rings. The van der Waals surface area contributed by atoms with Crippen LogP contribution in [0, 0.1) is 0 Å². The molecule has 2 aliphatic heterocycles. The van der Waals surface area contributed by atoms with Gasteiger partial charge in [0.05, 0.1) is 6.04 Å². The highest BCUT2D eigenvalue weighted by molar-refractivity contribution is 14.1. The third-order valence-corrected chi connectivity index (χ3v) is 6.46. The van der Waals surface area contributed by atoms with E-state index in [4.69, 9.17) is 0 Å². The largest absolute Gasteiger partial charge is 0.378 e. The van der Waals surface area contributed by atoms with Gasteiger partial charge in [-0.3, -0.25) is 4.90 Å². The molecule has 1 unspecified atom stereocenters. The summed E-state index contributed by atoms with van der Waals surface area (Å²) in [6, 6.07) is 10.0. The lowest BCUT2D eigenvalue weighted by Crippen LogP contribution is -2.50. The number of rotatable bonds is 2. The van der Waals surface area contributed by atoms with Gasteiger partial charge in [0.15, 0.2) is 0 Å². The first-order chi connectivity index (χ1) is 10.3. The predicted molar refractivity (Wildman–Crippen MR) is 97.0 cm³/mol. The Labute approximate surface area is 140 Å². The molecule has 0 saturated carbocycles. The van der Waals surface area contributed by atoms with E-state index in [-0.39, 0.29) is 5.41 Å². The van der Waals surface area contributed by atoms with E-state index in [0.29, 0.717) is 12.1 Å². The van der Waals surface area contributed by atoms with Gasteiger partial charge < -0.3 is 5.32 Å². The summed E-state index contributed by atoms with van der Waals surface area (Å²) in [6.45, 7) is 4.45. The van der Waals surface area contributed by atoms with Crippen molar-refractivity contribution in [1.29, 1.82) is 0 Å². The highest BCUT2D eigenvalue weighted by atomic mass is 127. The van der Waals surface area contributed by atoms with Crippen molar-refractivity contribution in [2.24, 2.45) is 0 Å². The van der Waals surface area contributed by atoms with E-state index in [0.717, 1.165) is 6.54 Å². The maximum Gasteiger partial charge on any atom is 0.0557 e. The van der Waals surface area contributed by atoms with E-state index in [9.17, 15) is 0 Å². The van der Waals surface area contributed by atoms with Gasteiger partial charge in [0, 0.05) is 27.3 Å². The lowest BCUT2D eigenvalue weighted by atomic mass is 9.67. The van der Waals surface area contributed by atoms with E-state index >= 15 is 0 Å². The summed E-state index contributed by atoms with van der Waals surface area (Å²) in [6.07, 6.45) is 9.47. The normalized spacial score (nSPS) is 34.3. The summed E-state index contributed by atoms with van der Waals surface area (Å²) in [5.41, 5.74) is 3.18. The number of hydrogen-bond acceptors (Lipinski definition) is 2. The van der Waals surface area contributed by atoms with Gasteiger partial charge in [0.25, 0.3) is 0 Å². The molecule has 0 bridgehead atoms. The van der Waals surface area contributed by atoms with Gasteiger partial charge in [-0.25, -0.2) is 0 Å². The van der Waals surface area contributed by atoms with E-state index in [1.54, 1.807) is 5.56 Å². The number of nitrogens with one attached hydrogen (secondary N) is 1. The van der Waals surface area contributed by atoms with Crippen LogP contribution in [0.2, 0.25) is 0 Å². The molecule has 1 aromatic carbocycles. The smallest absolute Gasteiger partial charge is 0.0557 e. The van der Waals surface area contributed by atoms with Crippen LogP contribution in [-0.2, 0) is 5.41 Å². The quantitative estimate of drug-likeness (QED) is 0.603. The molecule has 21 heavy (non-hydrogen) atoms. The fraction of sp³-hybridized carbons (Fsp3) is 0.444. The van der Waals surface area contributed by atoms with E-state index in [2.05, 4.69) is 82.2 Å². The number of benzene rings is 1. The van der Waals surface area contributed by atoms with Crippen molar-refractivity contribution in [2.75, 3.05) is 18.4 Å². The van der Waals surface area contributed by atoms with Crippen LogP contribution in [-0.4, -0.2) is 30.1 Å². The molecule has 1 fully saturated rings. The van der Waals surface area contributed by atoms with E-state index < -0.39 is 0 Å². The van der Waals surface area contributed by atoms with Gasteiger partial charge >= 0.3 is 0 Å². The third kappa shape index (κ3) is 1.93. The lowest BCUT2D eigenvalue weighted by Gasteiger charge is -2.41. The molecule has 2 heterocycles. The van der Waals surface area contributed by atoms with Gasteiger partial charge in [0.1, 0.15) is 0 Å². The van der Waals surface area contributed by atoms with Gasteiger partial charge in [-0.05, 0) is 60.5 Å². The zero-order chi connectivity index (χ0) is 14.4. The molecule has 0 radical (unpaired) electrons. The average Bonchev–Trinajstić information content (AvgIpc) is 3.04. The van der Waals surface area contributed by atoms with E-state index in [1.165, 1.54) is 28.7 Å². The molecule has 0 aromatic heterocycles. The fourth-order valence-corrected chi connectivity index (χ4v) is 4.97. The van der Waals surface area contributed by atoms with Crippen LogP contribution < -0.4 is 5.32 Å². The summed E-state index contributed by atoms with van der Waals surface area (Å²) in [5.74, 6) is 0. The number of allylic oxidation sites excluding steroid dienone is 1. The molecule has 1 aliphatic carbocycles. The van der Waals surface area contributed by atoms with E-state index in [1.807, 2.05) is 0 Å². The molecule has 3 heteroatoms. The van der Waals surface area contributed by atoms with Crippen LogP contribution in [0.4, 0.5) is 5.69 Å². The van der Waals surface area contributed by atoms with Crippen LogP contribution in [0.3, 0.4) is 0 Å². The number of fused-ring (bicyclic) bond motifs is 1.